The number of carbonyl (C=O) groups excluding carboxylic acids is 1. The fraction of sp³-hybridized carbons (Fsp3) is 0.579. The Morgan fingerprint density at radius 2 is 2.04 bits per heavy atom. The summed E-state index contributed by atoms with van der Waals surface area (Å²) < 4.78 is 7.92. The molecule has 2 aromatic heterocycles. The van der Waals surface area contributed by atoms with Gasteiger partial charge in [0.15, 0.2) is 0 Å². The third-order valence-corrected chi connectivity index (χ3v) is 5.18. The lowest BCUT2D eigenvalue weighted by Crippen LogP contribution is -2.43. The Labute approximate surface area is 148 Å². The first-order chi connectivity index (χ1) is 12.3. The van der Waals surface area contributed by atoms with E-state index in [1.54, 1.807) is 6.20 Å². The number of carbonyl (C=O) groups is 1. The molecule has 4 rings (SSSR count). The summed E-state index contributed by atoms with van der Waals surface area (Å²) in [6, 6.07) is 3.77. The monoisotopic (exact) mass is 342 g/mol. The van der Waals surface area contributed by atoms with Crippen molar-refractivity contribution >= 4 is 11.6 Å². The van der Waals surface area contributed by atoms with Gasteiger partial charge in [0, 0.05) is 44.8 Å². The third kappa shape index (κ3) is 3.85. The smallest absolute Gasteiger partial charge is 0.255 e. The number of nitrogens with zero attached hydrogens (tertiary/aromatic N) is 4. The van der Waals surface area contributed by atoms with Crippen LogP contribution in [0.4, 0.5) is 0 Å². The van der Waals surface area contributed by atoms with E-state index in [1.807, 2.05) is 33.8 Å². The van der Waals surface area contributed by atoms with Crippen LogP contribution in [0.25, 0.3) is 5.65 Å². The molecule has 0 bridgehead atoms. The maximum Gasteiger partial charge on any atom is 0.255 e. The third-order valence-electron chi connectivity index (χ3n) is 5.18. The van der Waals surface area contributed by atoms with Crippen LogP contribution in [0.5, 0.6) is 0 Å². The van der Waals surface area contributed by atoms with Gasteiger partial charge in [0.2, 0.25) is 0 Å². The van der Waals surface area contributed by atoms with E-state index in [0.29, 0.717) is 12.1 Å². The first-order valence-corrected chi connectivity index (χ1v) is 9.35. The number of ether oxygens (including phenoxy) is 1. The first-order valence-electron chi connectivity index (χ1n) is 9.35. The Bertz CT molecular complexity index is 723. The van der Waals surface area contributed by atoms with Gasteiger partial charge in [-0.2, -0.15) is 0 Å². The molecule has 134 valence electrons. The molecule has 6 heteroatoms. The summed E-state index contributed by atoms with van der Waals surface area (Å²) in [5, 5.41) is 0. The molecule has 0 radical (unpaired) electrons. The average molecular weight is 342 g/mol. The van der Waals surface area contributed by atoms with Crippen molar-refractivity contribution in [1.29, 1.82) is 0 Å². The minimum atomic E-state index is 0.0877. The molecule has 2 aliphatic heterocycles. The summed E-state index contributed by atoms with van der Waals surface area (Å²) >= 11 is 0. The van der Waals surface area contributed by atoms with E-state index in [2.05, 4.69) is 9.88 Å². The van der Waals surface area contributed by atoms with Crippen molar-refractivity contribution in [3.05, 3.63) is 36.3 Å². The van der Waals surface area contributed by atoms with Crippen LogP contribution < -0.4 is 0 Å². The van der Waals surface area contributed by atoms with Crippen LogP contribution in [0.1, 0.15) is 36.0 Å². The number of rotatable bonds is 3. The summed E-state index contributed by atoms with van der Waals surface area (Å²) in [5.74, 6) is 0.0877. The Kier molecular flexibility index (Phi) is 4.99. The zero-order chi connectivity index (χ0) is 17.1. The normalized spacial score (nSPS) is 22.9. The van der Waals surface area contributed by atoms with Crippen molar-refractivity contribution in [3.8, 4) is 0 Å². The predicted molar refractivity (Wildman–Crippen MR) is 95.7 cm³/mol. The van der Waals surface area contributed by atoms with Gasteiger partial charge in [0.25, 0.3) is 5.91 Å². The maximum atomic E-state index is 13.0. The van der Waals surface area contributed by atoms with Crippen LogP contribution in [0.2, 0.25) is 0 Å². The predicted octanol–water partition coefficient (Wildman–Crippen LogP) is 2.05. The number of hydrogen-bond acceptors (Lipinski definition) is 4. The van der Waals surface area contributed by atoms with Crippen molar-refractivity contribution in [1.82, 2.24) is 19.2 Å². The molecule has 1 amide bonds. The summed E-state index contributed by atoms with van der Waals surface area (Å²) in [6.45, 7) is 5.43. The molecule has 1 atom stereocenters. The van der Waals surface area contributed by atoms with Crippen LogP contribution >= 0.6 is 0 Å². The number of fused-ring (bicyclic) bond motifs is 1. The number of imidazole rings is 1. The van der Waals surface area contributed by atoms with Gasteiger partial charge >= 0.3 is 0 Å². The lowest BCUT2D eigenvalue weighted by atomic mass is 10.1. The number of pyridine rings is 1. The maximum absolute atomic E-state index is 13.0. The quantitative estimate of drug-likeness (QED) is 0.857. The molecule has 2 aromatic rings. The van der Waals surface area contributed by atoms with E-state index >= 15 is 0 Å². The van der Waals surface area contributed by atoms with E-state index in [-0.39, 0.29) is 12.0 Å². The number of likely N-dealkylation sites (tertiary alicyclic amines) is 1. The second-order valence-corrected chi connectivity index (χ2v) is 7.07. The van der Waals surface area contributed by atoms with Crippen molar-refractivity contribution in [2.75, 3.05) is 39.3 Å². The second-order valence-electron chi connectivity index (χ2n) is 7.07. The lowest BCUT2D eigenvalue weighted by molar-refractivity contribution is 0.0216. The molecule has 0 spiro atoms. The van der Waals surface area contributed by atoms with Crippen LogP contribution in [0, 0.1) is 0 Å². The molecular weight excluding hydrogens is 316 g/mol. The first kappa shape index (κ1) is 16.5. The fourth-order valence-corrected chi connectivity index (χ4v) is 3.85. The number of hydrogen-bond donors (Lipinski definition) is 0. The zero-order valence-electron chi connectivity index (χ0n) is 14.6. The molecule has 0 aromatic carbocycles. The molecule has 0 N–H and O–H groups in total. The number of aromatic nitrogens is 2. The molecule has 4 heterocycles. The summed E-state index contributed by atoms with van der Waals surface area (Å²) in [4.78, 5) is 21.7. The molecule has 2 aliphatic rings. The minimum Gasteiger partial charge on any atom is -0.375 e. The van der Waals surface area contributed by atoms with Crippen LogP contribution in [0.3, 0.4) is 0 Å². The lowest BCUT2D eigenvalue weighted by Gasteiger charge is -2.31. The summed E-state index contributed by atoms with van der Waals surface area (Å²) in [7, 11) is 0. The van der Waals surface area contributed by atoms with Crippen LogP contribution in [0.15, 0.2) is 30.7 Å². The highest BCUT2D eigenvalue weighted by Crippen LogP contribution is 2.15. The SMILES string of the molecule is O=C(c1ccc2nccn2c1)N1CCCO[C@H](CN2CCCCC2)C1. The molecule has 0 unspecified atom stereocenters. The van der Waals surface area contributed by atoms with Crippen molar-refractivity contribution in [3.63, 3.8) is 0 Å². The Hall–Kier alpha value is -1.92. The number of amides is 1. The number of piperidine rings is 1. The summed E-state index contributed by atoms with van der Waals surface area (Å²) in [5.41, 5.74) is 1.57. The van der Waals surface area contributed by atoms with E-state index < -0.39 is 0 Å². The Morgan fingerprint density at radius 1 is 1.16 bits per heavy atom. The highest BCUT2D eigenvalue weighted by Gasteiger charge is 2.25. The zero-order valence-corrected chi connectivity index (χ0v) is 14.6. The highest BCUT2D eigenvalue weighted by atomic mass is 16.5. The topological polar surface area (TPSA) is 50.1 Å². The van der Waals surface area contributed by atoms with Gasteiger partial charge < -0.3 is 18.9 Å². The van der Waals surface area contributed by atoms with Gasteiger partial charge in [-0.3, -0.25) is 4.79 Å². The molecule has 6 nitrogen and oxygen atoms in total. The summed E-state index contributed by atoms with van der Waals surface area (Å²) in [6.07, 6.45) is 10.4. The fourth-order valence-electron chi connectivity index (χ4n) is 3.85. The van der Waals surface area contributed by atoms with Crippen molar-refractivity contribution in [2.45, 2.75) is 31.8 Å². The average Bonchev–Trinajstić information content (AvgIpc) is 3.00. The van der Waals surface area contributed by atoms with Gasteiger partial charge in [0.1, 0.15) is 5.65 Å². The molecular formula is C19H26N4O2. The second kappa shape index (κ2) is 7.54. The van der Waals surface area contributed by atoms with Crippen LogP contribution in [-0.4, -0.2) is 70.5 Å². The Balaban J connectivity index is 1.44. The van der Waals surface area contributed by atoms with Gasteiger partial charge in [0.05, 0.1) is 11.7 Å². The highest BCUT2D eigenvalue weighted by molar-refractivity contribution is 5.94. The van der Waals surface area contributed by atoms with Gasteiger partial charge in [-0.1, -0.05) is 6.42 Å². The van der Waals surface area contributed by atoms with E-state index in [4.69, 9.17) is 4.74 Å². The largest absolute Gasteiger partial charge is 0.375 e. The molecule has 2 saturated heterocycles. The molecule has 25 heavy (non-hydrogen) atoms. The van der Waals surface area contributed by atoms with Crippen molar-refractivity contribution < 1.29 is 9.53 Å². The van der Waals surface area contributed by atoms with E-state index in [1.165, 1.54) is 19.3 Å². The Morgan fingerprint density at radius 3 is 2.92 bits per heavy atom. The van der Waals surface area contributed by atoms with Gasteiger partial charge in [-0.25, -0.2) is 4.98 Å². The van der Waals surface area contributed by atoms with Crippen molar-refractivity contribution in [2.24, 2.45) is 0 Å². The minimum absolute atomic E-state index is 0.0877. The molecule has 2 fully saturated rings. The molecule has 0 saturated carbocycles. The van der Waals surface area contributed by atoms with Gasteiger partial charge in [-0.15, -0.1) is 0 Å². The molecule has 0 aliphatic carbocycles. The van der Waals surface area contributed by atoms with Gasteiger partial charge in [-0.05, 0) is 44.5 Å². The van der Waals surface area contributed by atoms with E-state index in [0.717, 1.165) is 44.9 Å². The standard InChI is InChI=1S/C19H26N4O2/c24-19(16-5-6-18-20-7-11-22(18)13-16)23-10-4-12-25-17(15-23)14-21-8-2-1-3-9-21/h5-7,11,13,17H,1-4,8-10,12,14-15H2/t17-/m1/s1. The van der Waals surface area contributed by atoms with Crippen LogP contribution in [-0.2, 0) is 4.74 Å². The van der Waals surface area contributed by atoms with E-state index in [9.17, 15) is 4.79 Å².